The Hall–Kier alpha value is 0.160. The van der Waals surface area contributed by atoms with Crippen molar-refractivity contribution >= 4 is 58.6 Å². The number of hydrogen-bond acceptors (Lipinski definition) is 3. The lowest BCUT2D eigenvalue weighted by Crippen LogP contribution is -2.34. The Balaban J connectivity index is 2.33. The lowest BCUT2D eigenvalue weighted by Gasteiger charge is -2.25. The molecule has 1 rings (SSSR count). The summed E-state index contributed by atoms with van der Waals surface area (Å²) in [5, 5.41) is 0. The Morgan fingerprint density at radius 2 is 1.59 bits per heavy atom. The zero-order chi connectivity index (χ0) is 13.1. The summed E-state index contributed by atoms with van der Waals surface area (Å²) in [5.74, 6) is -0.700. The van der Waals surface area contributed by atoms with Crippen molar-refractivity contribution in [1.29, 1.82) is 0 Å². The van der Waals surface area contributed by atoms with Gasteiger partial charge in [0.2, 0.25) is 11.8 Å². The SMILES string of the molecule is NC(=O)C1CCC(C(=O)NSC(Cl)(Cl)Cl)CC1. The molecule has 0 radical (unpaired) electrons. The molecule has 1 aliphatic rings. The van der Waals surface area contributed by atoms with Gasteiger partial charge in [0.1, 0.15) is 0 Å². The molecule has 0 aromatic carbocycles. The minimum atomic E-state index is -1.56. The van der Waals surface area contributed by atoms with Crippen LogP contribution in [0, 0.1) is 11.8 Å². The monoisotopic (exact) mass is 318 g/mol. The molecule has 98 valence electrons. The third-order valence-electron chi connectivity index (χ3n) is 2.77. The summed E-state index contributed by atoms with van der Waals surface area (Å²) in [7, 11) is 0. The summed E-state index contributed by atoms with van der Waals surface area (Å²) in [6, 6.07) is 0. The Labute approximate surface area is 119 Å². The average molecular weight is 320 g/mol. The maximum atomic E-state index is 11.7. The Morgan fingerprint density at radius 3 is 2.00 bits per heavy atom. The summed E-state index contributed by atoms with van der Waals surface area (Å²) < 4.78 is 0.947. The van der Waals surface area contributed by atoms with Gasteiger partial charge in [-0.3, -0.25) is 14.3 Å². The molecule has 0 unspecified atom stereocenters. The third kappa shape index (κ3) is 5.55. The number of amides is 2. The molecule has 0 aliphatic heterocycles. The molecule has 1 aliphatic carbocycles. The van der Waals surface area contributed by atoms with Gasteiger partial charge in [-0.15, -0.1) is 0 Å². The van der Waals surface area contributed by atoms with E-state index in [1.807, 2.05) is 0 Å². The molecule has 0 aromatic rings. The number of hydrogen-bond donors (Lipinski definition) is 2. The van der Waals surface area contributed by atoms with Crippen molar-refractivity contribution in [3.05, 3.63) is 0 Å². The van der Waals surface area contributed by atoms with E-state index in [0.717, 1.165) is 11.9 Å². The van der Waals surface area contributed by atoms with E-state index in [9.17, 15) is 9.59 Å². The molecule has 4 nitrogen and oxygen atoms in total. The van der Waals surface area contributed by atoms with Gasteiger partial charge in [0.15, 0.2) is 0 Å². The first-order valence-electron chi connectivity index (χ1n) is 5.13. The van der Waals surface area contributed by atoms with Crippen LogP contribution in [0.3, 0.4) is 0 Å². The minimum Gasteiger partial charge on any atom is -0.369 e. The van der Waals surface area contributed by atoms with Gasteiger partial charge in [-0.2, -0.15) is 0 Å². The van der Waals surface area contributed by atoms with Crippen LogP contribution >= 0.6 is 46.8 Å². The van der Waals surface area contributed by atoms with E-state index in [-0.39, 0.29) is 23.7 Å². The van der Waals surface area contributed by atoms with E-state index in [4.69, 9.17) is 40.5 Å². The maximum Gasteiger partial charge on any atom is 0.256 e. The first kappa shape index (κ1) is 15.2. The molecule has 17 heavy (non-hydrogen) atoms. The second-order valence-corrected chi connectivity index (χ2v) is 7.94. The zero-order valence-electron chi connectivity index (χ0n) is 8.92. The zero-order valence-corrected chi connectivity index (χ0v) is 12.0. The Morgan fingerprint density at radius 1 is 1.12 bits per heavy atom. The van der Waals surface area contributed by atoms with Crippen molar-refractivity contribution in [2.75, 3.05) is 0 Å². The van der Waals surface area contributed by atoms with Crippen LogP contribution in [-0.4, -0.2) is 14.9 Å². The molecular formula is C9H13Cl3N2O2S. The fourth-order valence-corrected chi connectivity index (χ4v) is 2.56. The fraction of sp³-hybridized carbons (Fsp3) is 0.778. The molecule has 3 N–H and O–H groups in total. The minimum absolute atomic E-state index is 0.111. The van der Waals surface area contributed by atoms with Gasteiger partial charge in [0.05, 0.1) is 0 Å². The molecule has 0 spiro atoms. The number of nitrogens with one attached hydrogen (secondary N) is 1. The van der Waals surface area contributed by atoms with Crippen molar-refractivity contribution in [2.24, 2.45) is 17.6 Å². The number of primary amides is 1. The standard InChI is InChI=1S/C9H13Cl3N2O2S/c10-9(11,12)17-14-8(16)6-3-1-5(2-4-6)7(13)15/h5-6H,1-4H2,(H2,13,15)(H,14,16). The Bertz CT molecular complexity index is 301. The van der Waals surface area contributed by atoms with Crippen molar-refractivity contribution in [3.8, 4) is 0 Å². The van der Waals surface area contributed by atoms with E-state index >= 15 is 0 Å². The highest BCUT2D eigenvalue weighted by Gasteiger charge is 2.30. The summed E-state index contributed by atoms with van der Waals surface area (Å²) in [4.78, 5) is 22.7. The van der Waals surface area contributed by atoms with Gasteiger partial charge in [-0.1, -0.05) is 34.8 Å². The van der Waals surface area contributed by atoms with Gasteiger partial charge in [-0.25, -0.2) is 0 Å². The molecule has 0 aromatic heterocycles. The number of halogens is 3. The van der Waals surface area contributed by atoms with Crippen molar-refractivity contribution in [1.82, 2.24) is 4.72 Å². The highest BCUT2D eigenvalue weighted by molar-refractivity contribution is 8.03. The molecule has 0 heterocycles. The molecule has 8 heteroatoms. The lowest BCUT2D eigenvalue weighted by atomic mass is 9.81. The normalized spacial score (nSPS) is 25.4. The van der Waals surface area contributed by atoms with E-state index < -0.39 is 3.12 Å². The van der Waals surface area contributed by atoms with Crippen molar-refractivity contribution in [3.63, 3.8) is 0 Å². The fourth-order valence-electron chi connectivity index (χ4n) is 1.83. The average Bonchev–Trinajstić information content (AvgIpc) is 2.25. The van der Waals surface area contributed by atoms with Crippen LogP contribution < -0.4 is 10.5 Å². The first-order valence-corrected chi connectivity index (χ1v) is 7.08. The number of carbonyl (C=O) groups is 2. The first-order chi connectivity index (χ1) is 7.79. The van der Waals surface area contributed by atoms with Crippen molar-refractivity contribution < 1.29 is 9.59 Å². The van der Waals surface area contributed by atoms with E-state index in [0.29, 0.717) is 25.7 Å². The Kier molecular flexibility index (Phi) is 5.70. The largest absolute Gasteiger partial charge is 0.369 e. The number of rotatable bonds is 3. The van der Waals surface area contributed by atoms with Crippen molar-refractivity contribution in [2.45, 2.75) is 28.8 Å². The van der Waals surface area contributed by atoms with Gasteiger partial charge < -0.3 is 5.73 Å². The molecular weight excluding hydrogens is 307 g/mol. The smallest absolute Gasteiger partial charge is 0.256 e. The van der Waals surface area contributed by atoms with E-state index in [1.54, 1.807) is 0 Å². The van der Waals surface area contributed by atoms with Gasteiger partial charge in [0, 0.05) is 23.8 Å². The van der Waals surface area contributed by atoms with Gasteiger partial charge in [0.25, 0.3) is 3.12 Å². The number of alkyl halides is 3. The predicted octanol–water partition coefficient (Wildman–Crippen LogP) is 2.37. The molecule has 1 saturated carbocycles. The third-order valence-corrected chi connectivity index (χ3v) is 4.00. The van der Waals surface area contributed by atoms with Crippen LogP contribution in [0.5, 0.6) is 0 Å². The molecule has 2 amide bonds. The summed E-state index contributed by atoms with van der Waals surface area (Å²) >= 11 is 17.2. The van der Waals surface area contributed by atoms with Crippen LogP contribution in [0.1, 0.15) is 25.7 Å². The van der Waals surface area contributed by atoms with Crippen LogP contribution in [0.25, 0.3) is 0 Å². The van der Waals surface area contributed by atoms with Crippen LogP contribution in [0.4, 0.5) is 0 Å². The molecule has 0 atom stereocenters. The molecule has 0 saturated heterocycles. The van der Waals surface area contributed by atoms with Crippen LogP contribution in [-0.2, 0) is 9.59 Å². The van der Waals surface area contributed by atoms with Crippen LogP contribution in [0.2, 0.25) is 0 Å². The van der Waals surface area contributed by atoms with E-state index in [1.165, 1.54) is 0 Å². The lowest BCUT2D eigenvalue weighted by molar-refractivity contribution is -0.127. The summed E-state index contributed by atoms with van der Waals surface area (Å²) in [5.41, 5.74) is 5.21. The van der Waals surface area contributed by atoms with Gasteiger partial charge in [-0.05, 0) is 25.7 Å². The van der Waals surface area contributed by atoms with E-state index in [2.05, 4.69) is 4.72 Å². The maximum absolute atomic E-state index is 11.7. The number of nitrogens with two attached hydrogens (primary N) is 1. The van der Waals surface area contributed by atoms with Crippen LogP contribution in [0.15, 0.2) is 0 Å². The number of carbonyl (C=O) groups excluding carboxylic acids is 2. The quantitative estimate of drug-likeness (QED) is 0.619. The highest BCUT2D eigenvalue weighted by atomic mass is 35.6. The summed E-state index contributed by atoms with van der Waals surface area (Å²) in [6.07, 6.45) is 2.57. The molecule has 1 fully saturated rings. The predicted molar refractivity (Wildman–Crippen MR) is 70.7 cm³/mol. The molecule has 0 bridgehead atoms. The summed E-state index contributed by atoms with van der Waals surface area (Å²) in [6.45, 7) is 0. The second-order valence-electron chi connectivity index (χ2n) is 3.97. The van der Waals surface area contributed by atoms with Gasteiger partial charge >= 0.3 is 0 Å². The highest BCUT2D eigenvalue weighted by Crippen LogP contribution is 2.37. The second kappa shape index (κ2) is 6.36. The topological polar surface area (TPSA) is 72.2 Å².